The number of rotatable bonds is 13. The van der Waals surface area contributed by atoms with Gasteiger partial charge in [-0.1, -0.05) is 60.5 Å². The second-order valence-electron chi connectivity index (χ2n) is 20.9. The zero-order valence-corrected chi connectivity index (χ0v) is 44.7. The number of fused-ring (bicyclic) bond motifs is 5. The van der Waals surface area contributed by atoms with Crippen LogP contribution in [0.15, 0.2) is 48.1 Å². The van der Waals surface area contributed by atoms with Crippen LogP contribution in [0.1, 0.15) is 103 Å². The first kappa shape index (κ1) is 55.7. The summed E-state index contributed by atoms with van der Waals surface area (Å²) in [7, 11) is 4.48. The van der Waals surface area contributed by atoms with Crippen LogP contribution in [-0.4, -0.2) is 154 Å². The van der Waals surface area contributed by atoms with Crippen molar-refractivity contribution in [2.24, 2.45) is 17.8 Å². The van der Waals surface area contributed by atoms with E-state index in [1.807, 2.05) is 32.1 Å². The third-order valence-electron chi connectivity index (χ3n) is 15.7. The number of ether oxygens (including phenoxy) is 4. The molecule has 20 heteroatoms. The van der Waals surface area contributed by atoms with E-state index in [1.54, 1.807) is 33.0 Å². The Balaban J connectivity index is 0.977. The van der Waals surface area contributed by atoms with Gasteiger partial charge in [0, 0.05) is 78.1 Å². The number of nitrogens with zero attached hydrogens (tertiary/aromatic N) is 4. The van der Waals surface area contributed by atoms with Crippen molar-refractivity contribution in [3.8, 4) is 0 Å². The van der Waals surface area contributed by atoms with Crippen molar-refractivity contribution in [2.45, 2.75) is 152 Å². The molecule has 18 nitrogen and oxygen atoms in total. The molecule has 73 heavy (non-hydrogen) atoms. The molecule has 398 valence electrons. The molecule has 7 rings (SSSR count). The number of likely N-dealkylation sites (tertiary alicyclic amines) is 2. The summed E-state index contributed by atoms with van der Waals surface area (Å²) in [6, 6.07) is 2.65. The first-order valence-corrected chi connectivity index (χ1v) is 26.6. The number of alkyl carbamates (subject to hydrolysis) is 1. The Morgan fingerprint density at radius 3 is 2.38 bits per heavy atom. The average molecular weight is 1050 g/mol. The molecule has 3 unspecified atom stereocenters. The minimum Gasteiger partial charge on any atom is -0.457 e. The second-order valence-corrected chi connectivity index (χ2v) is 22.6. The van der Waals surface area contributed by atoms with Crippen LogP contribution in [-0.2, 0) is 58.9 Å². The van der Waals surface area contributed by atoms with Gasteiger partial charge in [-0.3, -0.25) is 43.9 Å². The van der Waals surface area contributed by atoms with E-state index in [9.17, 15) is 43.5 Å². The standard InChI is InChI=1S/C53H70ClN5O13S/c1-29-11-10-12-40(69-9)53(68)26-38(70-51(67)55-53)32(4)48-52(6,72-48)41(25-45(63)57(8)37-23-35(21-29)22-30(2)47(37)54)71-50(66)33(5)56(7)42(60)19-20-73-39-24-46(64)59(49(39)65)28-34-13-15-36(16-14-34)31(3)27-58-43(61)17-18-44(58)62/h10-12,22-23,32-34,36,38-41,48,68H,3,13-21,24-28H2,1-2,4-9H3,(H,55,67)/b12-10+,29-11+/t32-,33+,34-,36-,38?,39?,40-,41+,48?,52+,53+/m1/s1. The summed E-state index contributed by atoms with van der Waals surface area (Å²) in [5, 5.41) is 14.1. The number of aliphatic hydroxyl groups is 1. The fourth-order valence-corrected chi connectivity index (χ4v) is 12.2. The van der Waals surface area contributed by atoms with Crippen molar-refractivity contribution < 1.29 is 62.4 Å². The third-order valence-corrected chi connectivity index (χ3v) is 17.4. The molecule has 9 atom stereocenters. The number of thioether (sulfide) groups is 1. The van der Waals surface area contributed by atoms with Crippen molar-refractivity contribution in [3.63, 3.8) is 0 Å². The minimum absolute atomic E-state index is 0.0241. The fraction of sp³-hybridized carbons (Fsp3) is 0.623. The Hall–Kier alpha value is -5.08. The predicted molar refractivity (Wildman–Crippen MR) is 272 cm³/mol. The highest BCUT2D eigenvalue weighted by atomic mass is 35.5. The molecule has 0 spiro atoms. The minimum atomic E-state index is -1.86. The SMILES string of the molecule is C=C(CN1C(=O)CCC1=O)[C@H]1CC[C@H](CN2C(=O)CC(SCCC(=O)N(C)[C@@H](C)C(=O)O[C@H]3CC(=O)N(C)c4cc(cc(C)c4Cl)C/C(C)=C/C=C/[C@@H](OC)[C@@]4(O)CC(OC(=O)N4)[C@@H](C)C4O[C@]43C)C2=O)CC1. The van der Waals surface area contributed by atoms with Crippen molar-refractivity contribution in [3.05, 3.63) is 64.2 Å². The zero-order chi connectivity index (χ0) is 53.3. The van der Waals surface area contributed by atoms with Gasteiger partial charge in [-0.2, -0.15) is 0 Å². The molecule has 4 bridgehead atoms. The zero-order valence-electron chi connectivity index (χ0n) is 43.1. The van der Waals surface area contributed by atoms with Gasteiger partial charge in [0.2, 0.25) is 35.4 Å². The summed E-state index contributed by atoms with van der Waals surface area (Å²) in [5.41, 5.74) is 0.733. The summed E-state index contributed by atoms with van der Waals surface area (Å²) < 4.78 is 23.9. The summed E-state index contributed by atoms with van der Waals surface area (Å²) in [6.07, 6.45) is 4.29. The van der Waals surface area contributed by atoms with Crippen LogP contribution < -0.4 is 10.2 Å². The van der Waals surface area contributed by atoms with Gasteiger partial charge in [-0.25, -0.2) is 9.59 Å². The number of anilines is 1. The summed E-state index contributed by atoms with van der Waals surface area (Å²) in [6.45, 7) is 13.5. The van der Waals surface area contributed by atoms with Crippen LogP contribution in [0.2, 0.25) is 5.02 Å². The number of hydrogen-bond acceptors (Lipinski definition) is 14. The van der Waals surface area contributed by atoms with Crippen molar-refractivity contribution >= 4 is 76.6 Å². The van der Waals surface area contributed by atoms with Gasteiger partial charge < -0.3 is 33.9 Å². The number of likely N-dealkylation sites (N-methyl/N-ethyl adjacent to an activating group) is 1. The number of allylic oxidation sites excluding steroid dienone is 3. The number of halogens is 1. The van der Waals surface area contributed by atoms with Gasteiger partial charge in [0.25, 0.3) is 0 Å². The maximum absolute atomic E-state index is 14.3. The molecule has 1 aromatic rings. The molecular weight excluding hydrogens is 982 g/mol. The first-order chi connectivity index (χ1) is 34.4. The van der Waals surface area contributed by atoms with Crippen LogP contribution in [0.3, 0.4) is 0 Å². The largest absolute Gasteiger partial charge is 0.457 e. The first-order valence-electron chi connectivity index (χ1n) is 25.2. The lowest BCUT2D eigenvalue weighted by atomic mass is 9.78. The number of methoxy groups -OCH3 is 1. The molecule has 6 aliphatic rings. The van der Waals surface area contributed by atoms with Gasteiger partial charge in [-0.05, 0) is 88.8 Å². The number of carbonyl (C=O) groups is 8. The molecule has 1 aliphatic carbocycles. The number of imide groups is 2. The molecule has 0 aromatic heterocycles. The monoisotopic (exact) mass is 1050 g/mol. The molecule has 5 fully saturated rings. The van der Waals surface area contributed by atoms with E-state index in [-0.39, 0.29) is 86.3 Å². The molecule has 5 aliphatic heterocycles. The molecule has 5 heterocycles. The highest BCUT2D eigenvalue weighted by molar-refractivity contribution is 8.00. The number of nitrogens with one attached hydrogen (secondary N) is 1. The maximum Gasteiger partial charge on any atom is 0.409 e. The highest BCUT2D eigenvalue weighted by Crippen LogP contribution is 2.49. The van der Waals surface area contributed by atoms with E-state index < -0.39 is 76.8 Å². The Labute approximate surface area is 436 Å². The van der Waals surface area contributed by atoms with Crippen LogP contribution in [0.4, 0.5) is 10.5 Å². The van der Waals surface area contributed by atoms with Crippen LogP contribution in [0.5, 0.6) is 0 Å². The lowest BCUT2D eigenvalue weighted by Crippen LogP contribution is -2.63. The quantitative estimate of drug-likeness (QED) is 0.107. The third kappa shape index (κ3) is 12.4. The van der Waals surface area contributed by atoms with Gasteiger partial charge >= 0.3 is 12.1 Å². The molecule has 7 amide bonds. The predicted octanol–water partition coefficient (Wildman–Crippen LogP) is 5.58. The molecule has 0 radical (unpaired) electrons. The Morgan fingerprint density at radius 1 is 1.03 bits per heavy atom. The highest BCUT2D eigenvalue weighted by Gasteiger charge is 2.64. The number of aryl methyl sites for hydroxylation is 1. The van der Waals surface area contributed by atoms with Crippen LogP contribution in [0.25, 0.3) is 0 Å². The average Bonchev–Trinajstić information content (AvgIpc) is 3.85. The van der Waals surface area contributed by atoms with E-state index in [1.165, 1.54) is 52.4 Å². The fourth-order valence-electron chi connectivity index (χ4n) is 10.8. The van der Waals surface area contributed by atoms with Gasteiger partial charge in [0.05, 0.1) is 28.5 Å². The second kappa shape index (κ2) is 22.8. The number of benzene rings is 1. The summed E-state index contributed by atoms with van der Waals surface area (Å²) >= 11 is 8.06. The topological polar surface area (TPSA) is 222 Å². The Morgan fingerprint density at radius 2 is 1.71 bits per heavy atom. The number of hydrogen-bond donors (Lipinski definition) is 2. The molecule has 2 N–H and O–H groups in total. The van der Waals surface area contributed by atoms with Crippen LogP contribution in [0, 0.1) is 24.7 Å². The van der Waals surface area contributed by atoms with E-state index in [0.717, 1.165) is 48.0 Å². The van der Waals surface area contributed by atoms with E-state index in [2.05, 4.69) is 11.9 Å². The lowest BCUT2D eigenvalue weighted by molar-refractivity contribution is -0.162. The molecule has 4 saturated heterocycles. The maximum atomic E-state index is 14.3. The number of epoxide rings is 1. The smallest absolute Gasteiger partial charge is 0.409 e. The van der Waals surface area contributed by atoms with Crippen molar-refractivity contribution in [2.75, 3.05) is 44.9 Å². The summed E-state index contributed by atoms with van der Waals surface area (Å²) in [5.74, 6) is -2.62. The Kier molecular flexibility index (Phi) is 17.4. The number of carbonyl (C=O) groups excluding carboxylic acids is 8. The van der Waals surface area contributed by atoms with Crippen LogP contribution >= 0.6 is 23.4 Å². The lowest BCUT2D eigenvalue weighted by Gasteiger charge is -2.42. The normalized spacial score (nSPS) is 32.6. The molecule has 1 saturated carbocycles. The molecule has 1 aromatic carbocycles. The van der Waals surface area contributed by atoms with Crippen molar-refractivity contribution in [1.82, 2.24) is 20.0 Å². The molecular formula is C53H70ClN5O13S. The van der Waals surface area contributed by atoms with E-state index >= 15 is 0 Å². The van der Waals surface area contributed by atoms with Gasteiger partial charge in [-0.15, -0.1) is 11.8 Å². The van der Waals surface area contributed by atoms with E-state index in [0.29, 0.717) is 23.7 Å². The van der Waals surface area contributed by atoms with E-state index in [4.69, 9.17) is 30.5 Å². The van der Waals surface area contributed by atoms with Gasteiger partial charge in [0.15, 0.2) is 5.72 Å². The van der Waals surface area contributed by atoms with Crippen molar-refractivity contribution in [1.29, 1.82) is 0 Å². The van der Waals surface area contributed by atoms with Gasteiger partial charge in [0.1, 0.15) is 30.0 Å². The number of amides is 7. The summed E-state index contributed by atoms with van der Waals surface area (Å²) in [4.78, 5) is 111. The Bertz CT molecular complexity index is 2440. The number of esters is 1.